The fourth-order valence-corrected chi connectivity index (χ4v) is 4.45. The van der Waals surface area contributed by atoms with Gasteiger partial charge in [0.2, 0.25) is 0 Å². The number of piperidine rings is 1. The smallest absolute Gasteiger partial charge is 0.263 e. The van der Waals surface area contributed by atoms with Gasteiger partial charge in [-0.3, -0.25) is 4.79 Å². The van der Waals surface area contributed by atoms with Crippen molar-refractivity contribution in [1.29, 1.82) is 0 Å². The third kappa shape index (κ3) is 2.77. The van der Waals surface area contributed by atoms with E-state index in [1.54, 1.807) is 11.3 Å². The summed E-state index contributed by atoms with van der Waals surface area (Å²) in [5.74, 6) is 0.967. The van der Waals surface area contributed by atoms with Gasteiger partial charge in [0.15, 0.2) is 0 Å². The average Bonchev–Trinajstić information content (AvgIpc) is 2.90. The lowest BCUT2D eigenvalue weighted by atomic mass is 9.87. The number of hydrogen-bond acceptors (Lipinski definition) is 3. The van der Waals surface area contributed by atoms with Crippen molar-refractivity contribution >= 4 is 17.2 Å². The van der Waals surface area contributed by atoms with Gasteiger partial charge in [0.1, 0.15) is 0 Å². The summed E-state index contributed by atoms with van der Waals surface area (Å²) >= 11 is 1.70. The van der Waals surface area contributed by atoms with Crippen molar-refractivity contribution in [3.05, 3.63) is 21.4 Å². The van der Waals surface area contributed by atoms with Crippen LogP contribution in [0.3, 0.4) is 0 Å². The zero-order chi connectivity index (χ0) is 14.1. The Balaban J connectivity index is 1.72. The van der Waals surface area contributed by atoms with E-state index in [1.807, 2.05) is 4.90 Å². The molecule has 0 spiro atoms. The number of likely N-dealkylation sites (tertiary alicyclic amines) is 1. The molecule has 2 aliphatic rings. The number of carbonyl (C=O) groups is 1. The Hall–Kier alpha value is -0.870. The molecule has 3 nitrogen and oxygen atoms in total. The van der Waals surface area contributed by atoms with Crippen molar-refractivity contribution in [2.75, 3.05) is 13.1 Å². The summed E-state index contributed by atoms with van der Waals surface area (Å²) in [4.78, 5) is 16.8. The monoisotopic (exact) mass is 293 g/mol. The van der Waals surface area contributed by atoms with Crippen LogP contribution >= 0.6 is 11.3 Å². The number of aryl methyl sites for hydroxylation is 1. The summed E-state index contributed by atoms with van der Waals surface area (Å²) in [6, 6.07) is 2.13. The number of aliphatic hydroxyl groups is 1. The van der Waals surface area contributed by atoms with Crippen LogP contribution in [0.1, 0.15) is 52.7 Å². The van der Waals surface area contributed by atoms with Crippen LogP contribution in [0.4, 0.5) is 0 Å². The maximum absolute atomic E-state index is 12.5. The fourth-order valence-electron chi connectivity index (χ4n) is 3.28. The molecule has 0 radical (unpaired) electrons. The number of amides is 1. The predicted molar refractivity (Wildman–Crippen MR) is 81.3 cm³/mol. The lowest BCUT2D eigenvalue weighted by Crippen LogP contribution is -2.39. The second-order valence-electron chi connectivity index (χ2n) is 6.10. The molecule has 0 saturated carbocycles. The van der Waals surface area contributed by atoms with E-state index in [2.05, 4.69) is 13.0 Å². The molecule has 1 unspecified atom stereocenters. The van der Waals surface area contributed by atoms with Crippen molar-refractivity contribution in [3.8, 4) is 0 Å². The van der Waals surface area contributed by atoms with E-state index in [4.69, 9.17) is 0 Å². The Bertz CT molecular complexity index is 489. The SMILES string of the molecule is CCC1CCc2sc(C(=O)N3CCC(O)CC3)cc2C1. The van der Waals surface area contributed by atoms with E-state index in [0.717, 1.165) is 36.5 Å². The molecule has 1 aliphatic carbocycles. The fraction of sp³-hybridized carbons (Fsp3) is 0.688. The molecular weight excluding hydrogens is 270 g/mol. The molecular formula is C16H23NO2S. The van der Waals surface area contributed by atoms with Gasteiger partial charge in [-0.15, -0.1) is 11.3 Å². The number of nitrogens with zero attached hydrogens (tertiary/aromatic N) is 1. The van der Waals surface area contributed by atoms with E-state index in [0.29, 0.717) is 13.1 Å². The van der Waals surface area contributed by atoms with Crippen molar-refractivity contribution in [2.24, 2.45) is 5.92 Å². The summed E-state index contributed by atoms with van der Waals surface area (Å²) in [6.07, 6.45) is 6.01. The minimum absolute atomic E-state index is 0.171. The Morgan fingerprint density at radius 3 is 2.85 bits per heavy atom. The highest BCUT2D eigenvalue weighted by Gasteiger charge is 2.26. The predicted octanol–water partition coefficient (Wildman–Crippen LogP) is 2.86. The summed E-state index contributed by atoms with van der Waals surface area (Å²) in [7, 11) is 0. The zero-order valence-electron chi connectivity index (χ0n) is 12.1. The van der Waals surface area contributed by atoms with Crippen LogP contribution in [0, 0.1) is 5.92 Å². The van der Waals surface area contributed by atoms with Gasteiger partial charge in [-0.1, -0.05) is 13.3 Å². The summed E-state index contributed by atoms with van der Waals surface area (Å²) in [5.41, 5.74) is 1.41. The molecule has 1 aromatic heterocycles. The van der Waals surface area contributed by atoms with Crippen LogP contribution in [0.25, 0.3) is 0 Å². The van der Waals surface area contributed by atoms with Crippen molar-refractivity contribution < 1.29 is 9.90 Å². The molecule has 1 saturated heterocycles. The highest BCUT2D eigenvalue weighted by Crippen LogP contribution is 2.34. The second kappa shape index (κ2) is 5.86. The van der Waals surface area contributed by atoms with Crippen LogP contribution in [0.5, 0.6) is 0 Å². The quantitative estimate of drug-likeness (QED) is 0.911. The summed E-state index contributed by atoms with van der Waals surface area (Å²) in [6.45, 7) is 3.65. The highest BCUT2D eigenvalue weighted by atomic mass is 32.1. The molecule has 1 amide bonds. The first kappa shape index (κ1) is 14.1. The molecule has 1 aromatic rings. The van der Waals surface area contributed by atoms with Crippen LogP contribution in [-0.2, 0) is 12.8 Å². The minimum Gasteiger partial charge on any atom is -0.393 e. The second-order valence-corrected chi connectivity index (χ2v) is 7.24. The standard InChI is InChI=1S/C16H23NO2S/c1-2-11-3-4-14-12(9-11)10-15(20-14)16(19)17-7-5-13(18)6-8-17/h10-11,13,18H,2-9H2,1H3. The summed E-state index contributed by atoms with van der Waals surface area (Å²) < 4.78 is 0. The summed E-state index contributed by atoms with van der Waals surface area (Å²) in [5, 5.41) is 9.53. The molecule has 1 atom stereocenters. The van der Waals surface area contributed by atoms with E-state index in [1.165, 1.54) is 23.3 Å². The van der Waals surface area contributed by atoms with Crippen LogP contribution in [0.2, 0.25) is 0 Å². The average molecular weight is 293 g/mol. The molecule has 0 bridgehead atoms. The van der Waals surface area contributed by atoms with Crippen molar-refractivity contribution in [2.45, 2.75) is 51.6 Å². The van der Waals surface area contributed by atoms with Gasteiger partial charge in [-0.05, 0) is 49.7 Å². The van der Waals surface area contributed by atoms with E-state index in [9.17, 15) is 9.90 Å². The first-order valence-electron chi connectivity index (χ1n) is 7.76. The Morgan fingerprint density at radius 1 is 1.40 bits per heavy atom. The van der Waals surface area contributed by atoms with Crippen LogP contribution in [0.15, 0.2) is 6.07 Å². The van der Waals surface area contributed by atoms with Crippen molar-refractivity contribution in [3.63, 3.8) is 0 Å². The molecule has 2 heterocycles. The third-order valence-electron chi connectivity index (χ3n) is 4.72. The molecule has 4 heteroatoms. The third-order valence-corrected chi connectivity index (χ3v) is 5.95. The maximum atomic E-state index is 12.5. The number of fused-ring (bicyclic) bond motifs is 1. The molecule has 20 heavy (non-hydrogen) atoms. The molecule has 0 aromatic carbocycles. The van der Waals surface area contributed by atoms with Gasteiger partial charge in [-0.25, -0.2) is 0 Å². The molecule has 1 N–H and O–H groups in total. The van der Waals surface area contributed by atoms with E-state index < -0.39 is 0 Å². The lowest BCUT2D eigenvalue weighted by molar-refractivity contribution is 0.0550. The first-order valence-corrected chi connectivity index (χ1v) is 8.58. The molecule has 1 aliphatic heterocycles. The minimum atomic E-state index is -0.221. The topological polar surface area (TPSA) is 40.5 Å². The van der Waals surface area contributed by atoms with Gasteiger partial charge in [0, 0.05) is 18.0 Å². The Kier molecular flexibility index (Phi) is 4.13. The van der Waals surface area contributed by atoms with Crippen LogP contribution in [-0.4, -0.2) is 35.1 Å². The van der Waals surface area contributed by atoms with Gasteiger partial charge in [0.05, 0.1) is 11.0 Å². The lowest BCUT2D eigenvalue weighted by Gasteiger charge is -2.29. The van der Waals surface area contributed by atoms with Gasteiger partial charge in [0.25, 0.3) is 5.91 Å². The number of hydrogen-bond donors (Lipinski definition) is 1. The van der Waals surface area contributed by atoms with Gasteiger partial charge in [-0.2, -0.15) is 0 Å². The molecule has 1 fully saturated rings. The largest absolute Gasteiger partial charge is 0.393 e. The van der Waals surface area contributed by atoms with E-state index >= 15 is 0 Å². The number of thiophene rings is 1. The van der Waals surface area contributed by atoms with Crippen molar-refractivity contribution in [1.82, 2.24) is 4.90 Å². The number of rotatable bonds is 2. The highest BCUT2D eigenvalue weighted by molar-refractivity contribution is 7.14. The molecule has 110 valence electrons. The number of carbonyl (C=O) groups excluding carboxylic acids is 1. The molecule has 3 rings (SSSR count). The number of aliphatic hydroxyl groups excluding tert-OH is 1. The van der Waals surface area contributed by atoms with Crippen LogP contribution < -0.4 is 0 Å². The Morgan fingerprint density at radius 2 is 2.15 bits per heavy atom. The maximum Gasteiger partial charge on any atom is 0.263 e. The zero-order valence-corrected chi connectivity index (χ0v) is 12.9. The van der Waals surface area contributed by atoms with Gasteiger partial charge < -0.3 is 10.0 Å². The van der Waals surface area contributed by atoms with E-state index in [-0.39, 0.29) is 12.0 Å². The normalized spacial score (nSPS) is 23.7. The first-order chi connectivity index (χ1) is 9.67. The Labute approximate surface area is 124 Å². The van der Waals surface area contributed by atoms with Gasteiger partial charge >= 0.3 is 0 Å².